The van der Waals surface area contributed by atoms with Crippen molar-refractivity contribution < 1.29 is 13.6 Å². The van der Waals surface area contributed by atoms with Crippen LogP contribution in [0.25, 0.3) is 0 Å². The van der Waals surface area contributed by atoms with Crippen LogP contribution in [-0.4, -0.2) is 35.9 Å². The predicted octanol–water partition coefficient (Wildman–Crippen LogP) is 3.50. The number of hydrogen-bond donors (Lipinski definition) is 1. The third-order valence-electron chi connectivity index (χ3n) is 4.56. The molecule has 1 aliphatic rings. The van der Waals surface area contributed by atoms with E-state index in [1.807, 2.05) is 12.1 Å². The molecule has 132 valence electrons. The van der Waals surface area contributed by atoms with Crippen molar-refractivity contribution in [2.75, 3.05) is 25.5 Å². The summed E-state index contributed by atoms with van der Waals surface area (Å²) in [6.45, 7) is 2.18. The Kier molecular flexibility index (Phi) is 5.38. The SMILES string of the molecule is CN1CCC(Cc2cccc(NC(=O)c3ccc(F)cc3F)n2)CC1. The van der Waals surface area contributed by atoms with E-state index in [4.69, 9.17) is 0 Å². The van der Waals surface area contributed by atoms with E-state index in [9.17, 15) is 13.6 Å². The summed E-state index contributed by atoms with van der Waals surface area (Å²) in [5.41, 5.74) is 0.704. The lowest BCUT2D eigenvalue weighted by Gasteiger charge is -2.28. The summed E-state index contributed by atoms with van der Waals surface area (Å²) in [5, 5.41) is 2.58. The molecule has 0 spiro atoms. The van der Waals surface area contributed by atoms with Gasteiger partial charge in [-0.1, -0.05) is 6.07 Å². The average Bonchev–Trinajstić information content (AvgIpc) is 2.57. The van der Waals surface area contributed by atoms with Gasteiger partial charge in [-0.05, 0) is 69.6 Å². The number of piperidine rings is 1. The molecule has 2 aromatic rings. The molecule has 1 aromatic heterocycles. The van der Waals surface area contributed by atoms with Crippen molar-refractivity contribution in [2.45, 2.75) is 19.3 Å². The highest BCUT2D eigenvalue weighted by Crippen LogP contribution is 2.21. The van der Waals surface area contributed by atoms with Crippen molar-refractivity contribution in [1.82, 2.24) is 9.88 Å². The Hall–Kier alpha value is -2.34. The first-order valence-electron chi connectivity index (χ1n) is 8.42. The van der Waals surface area contributed by atoms with Crippen LogP contribution in [0, 0.1) is 17.6 Å². The van der Waals surface area contributed by atoms with Gasteiger partial charge in [0.1, 0.15) is 17.5 Å². The lowest BCUT2D eigenvalue weighted by Crippen LogP contribution is -2.31. The Morgan fingerprint density at radius 1 is 1.24 bits per heavy atom. The normalized spacial score (nSPS) is 16.0. The Bertz CT molecular complexity index is 758. The molecule has 0 bridgehead atoms. The van der Waals surface area contributed by atoms with E-state index < -0.39 is 17.5 Å². The molecule has 3 rings (SSSR count). The topological polar surface area (TPSA) is 45.2 Å². The summed E-state index contributed by atoms with van der Waals surface area (Å²) < 4.78 is 26.6. The zero-order valence-electron chi connectivity index (χ0n) is 14.1. The van der Waals surface area contributed by atoms with Gasteiger partial charge in [0.2, 0.25) is 0 Å². The Balaban J connectivity index is 1.66. The predicted molar refractivity (Wildman–Crippen MR) is 92.5 cm³/mol. The van der Waals surface area contributed by atoms with Crippen molar-refractivity contribution in [2.24, 2.45) is 5.92 Å². The number of carbonyl (C=O) groups is 1. The highest BCUT2D eigenvalue weighted by Gasteiger charge is 2.18. The molecule has 0 aliphatic carbocycles. The quantitative estimate of drug-likeness (QED) is 0.922. The second kappa shape index (κ2) is 7.70. The number of aromatic nitrogens is 1. The lowest BCUT2D eigenvalue weighted by molar-refractivity contribution is 0.102. The zero-order valence-corrected chi connectivity index (χ0v) is 14.1. The number of nitrogens with zero attached hydrogens (tertiary/aromatic N) is 2. The molecule has 0 saturated carbocycles. The largest absolute Gasteiger partial charge is 0.306 e. The molecule has 1 aromatic carbocycles. The van der Waals surface area contributed by atoms with Gasteiger partial charge < -0.3 is 10.2 Å². The molecule has 25 heavy (non-hydrogen) atoms. The van der Waals surface area contributed by atoms with Gasteiger partial charge in [-0.15, -0.1) is 0 Å². The number of halogens is 2. The van der Waals surface area contributed by atoms with Crippen LogP contribution in [0.2, 0.25) is 0 Å². The molecule has 6 heteroatoms. The van der Waals surface area contributed by atoms with Crippen molar-refractivity contribution in [3.8, 4) is 0 Å². The van der Waals surface area contributed by atoms with Gasteiger partial charge in [-0.25, -0.2) is 13.8 Å². The summed E-state index contributed by atoms with van der Waals surface area (Å²) in [4.78, 5) is 18.9. The van der Waals surface area contributed by atoms with Crippen LogP contribution in [0.1, 0.15) is 28.9 Å². The molecular weight excluding hydrogens is 324 g/mol. The molecule has 1 N–H and O–H groups in total. The van der Waals surface area contributed by atoms with Crippen LogP contribution in [0.5, 0.6) is 0 Å². The summed E-state index contributed by atoms with van der Waals surface area (Å²) in [6.07, 6.45) is 3.13. The van der Waals surface area contributed by atoms with Gasteiger partial charge in [0, 0.05) is 11.8 Å². The lowest BCUT2D eigenvalue weighted by atomic mass is 9.92. The maximum atomic E-state index is 13.7. The van der Waals surface area contributed by atoms with E-state index in [0.717, 1.165) is 50.2 Å². The Morgan fingerprint density at radius 3 is 2.72 bits per heavy atom. The van der Waals surface area contributed by atoms with Crippen molar-refractivity contribution >= 4 is 11.7 Å². The van der Waals surface area contributed by atoms with Crippen molar-refractivity contribution in [3.63, 3.8) is 0 Å². The van der Waals surface area contributed by atoms with Gasteiger partial charge in [-0.3, -0.25) is 4.79 Å². The minimum atomic E-state index is -0.889. The Morgan fingerprint density at radius 2 is 2.00 bits per heavy atom. The molecule has 4 nitrogen and oxygen atoms in total. The summed E-state index contributed by atoms with van der Waals surface area (Å²) >= 11 is 0. The van der Waals surface area contributed by atoms with Gasteiger partial charge in [-0.2, -0.15) is 0 Å². The standard InChI is InChI=1S/C19H21F2N3O/c1-24-9-7-13(8-10-24)11-15-3-2-4-18(22-15)23-19(25)16-6-5-14(20)12-17(16)21/h2-6,12-13H,7-11H2,1H3,(H,22,23,25). The molecule has 1 fully saturated rings. The first-order chi connectivity index (χ1) is 12.0. The number of carbonyl (C=O) groups excluding carboxylic acids is 1. The van der Waals surface area contributed by atoms with Crippen LogP contribution in [0.4, 0.5) is 14.6 Å². The number of amides is 1. The molecule has 2 heterocycles. The number of benzene rings is 1. The molecule has 0 unspecified atom stereocenters. The first-order valence-corrected chi connectivity index (χ1v) is 8.42. The van der Waals surface area contributed by atoms with E-state index in [0.29, 0.717) is 17.8 Å². The minimum absolute atomic E-state index is 0.205. The van der Waals surface area contributed by atoms with Crippen LogP contribution in [0.15, 0.2) is 36.4 Å². The van der Waals surface area contributed by atoms with E-state index in [-0.39, 0.29) is 5.56 Å². The second-order valence-corrected chi connectivity index (χ2v) is 6.54. The number of likely N-dealkylation sites (tertiary alicyclic amines) is 1. The molecule has 0 radical (unpaired) electrons. The maximum absolute atomic E-state index is 13.7. The molecule has 1 saturated heterocycles. The average molecular weight is 345 g/mol. The third kappa shape index (κ3) is 4.60. The van der Waals surface area contributed by atoms with E-state index >= 15 is 0 Å². The number of hydrogen-bond acceptors (Lipinski definition) is 3. The smallest absolute Gasteiger partial charge is 0.259 e. The fourth-order valence-corrected chi connectivity index (χ4v) is 3.08. The van der Waals surface area contributed by atoms with Gasteiger partial charge in [0.05, 0.1) is 5.56 Å². The minimum Gasteiger partial charge on any atom is -0.306 e. The fourth-order valence-electron chi connectivity index (χ4n) is 3.08. The second-order valence-electron chi connectivity index (χ2n) is 6.54. The van der Waals surface area contributed by atoms with E-state index in [1.165, 1.54) is 0 Å². The molecule has 0 atom stereocenters. The molecular formula is C19H21F2N3O. The highest BCUT2D eigenvalue weighted by molar-refractivity contribution is 6.03. The Labute approximate surface area is 145 Å². The van der Waals surface area contributed by atoms with Gasteiger partial charge in [0.25, 0.3) is 5.91 Å². The van der Waals surface area contributed by atoms with Crippen LogP contribution in [0.3, 0.4) is 0 Å². The monoisotopic (exact) mass is 345 g/mol. The van der Waals surface area contributed by atoms with Gasteiger partial charge >= 0.3 is 0 Å². The number of nitrogens with one attached hydrogen (secondary N) is 1. The van der Waals surface area contributed by atoms with E-state index in [2.05, 4.69) is 22.2 Å². The zero-order chi connectivity index (χ0) is 17.8. The number of pyridine rings is 1. The van der Waals surface area contributed by atoms with Crippen LogP contribution < -0.4 is 5.32 Å². The maximum Gasteiger partial charge on any atom is 0.259 e. The molecule has 1 amide bonds. The van der Waals surface area contributed by atoms with Gasteiger partial charge in [0.15, 0.2) is 0 Å². The van der Waals surface area contributed by atoms with Crippen LogP contribution in [-0.2, 0) is 6.42 Å². The fraction of sp³-hybridized carbons (Fsp3) is 0.368. The van der Waals surface area contributed by atoms with Crippen molar-refractivity contribution in [3.05, 3.63) is 59.3 Å². The highest BCUT2D eigenvalue weighted by atomic mass is 19.1. The van der Waals surface area contributed by atoms with E-state index in [1.54, 1.807) is 6.07 Å². The van der Waals surface area contributed by atoms with Crippen LogP contribution >= 0.6 is 0 Å². The molecule has 1 aliphatic heterocycles. The number of anilines is 1. The van der Waals surface area contributed by atoms with Crippen molar-refractivity contribution in [1.29, 1.82) is 0 Å². The first kappa shape index (κ1) is 17.5. The summed E-state index contributed by atoms with van der Waals surface area (Å²) in [5.74, 6) is -1.28. The summed E-state index contributed by atoms with van der Waals surface area (Å²) in [6, 6.07) is 8.31. The third-order valence-corrected chi connectivity index (χ3v) is 4.56. The number of rotatable bonds is 4. The summed E-state index contributed by atoms with van der Waals surface area (Å²) in [7, 11) is 2.12.